The van der Waals surface area contributed by atoms with Crippen LogP contribution in [-0.2, 0) is 0 Å². The van der Waals surface area contributed by atoms with E-state index in [-0.39, 0.29) is 6.04 Å². The Morgan fingerprint density at radius 3 is 2.25 bits per heavy atom. The summed E-state index contributed by atoms with van der Waals surface area (Å²) >= 11 is 6.09. The Balaban J connectivity index is 3.14. The summed E-state index contributed by atoms with van der Waals surface area (Å²) in [5.41, 5.74) is 6.76. The normalized spacial score (nSPS) is 12.3. The first-order valence-electron chi connectivity index (χ1n) is 5.44. The zero-order valence-corrected chi connectivity index (χ0v) is 10.7. The van der Waals surface area contributed by atoms with Crippen molar-refractivity contribution in [2.45, 2.75) is 26.8 Å². The lowest BCUT2D eigenvalue weighted by molar-refractivity contribution is 0.320. The predicted molar refractivity (Wildman–Crippen MR) is 66.4 cm³/mol. The molecular formula is C12H18ClNO2. The second-order valence-corrected chi connectivity index (χ2v) is 3.88. The molecule has 0 aliphatic rings. The number of benzene rings is 1. The van der Waals surface area contributed by atoms with E-state index in [2.05, 4.69) is 0 Å². The fourth-order valence-electron chi connectivity index (χ4n) is 1.45. The van der Waals surface area contributed by atoms with Crippen molar-refractivity contribution in [3.63, 3.8) is 0 Å². The Hall–Kier alpha value is -0.930. The van der Waals surface area contributed by atoms with Crippen molar-refractivity contribution in [3.05, 3.63) is 22.7 Å². The Kier molecular flexibility index (Phi) is 4.90. The molecule has 0 saturated heterocycles. The van der Waals surface area contributed by atoms with Crippen LogP contribution >= 0.6 is 11.6 Å². The molecule has 0 aliphatic carbocycles. The molecule has 1 aromatic rings. The smallest absolute Gasteiger partial charge is 0.141 e. The topological polar surface area (TPSA) is 44.5 Å². The molecule has 0 aliphatic heterocycles. The van der Waals surface area contributed by atoms with Crippen molar-refractivity contribution in [1.82, 2.24) is 0 Å². The third-order valence-corrected chi connectivity index (χ3v) is 2.45. The first-order chi connectivity index (χ1) is 7.60. The highest BCUT2D eigenvalue weighted by molar-refractivity contribution is 6.32. The van der Waals surface area contributed by atoms with Gasteiger partial charge in [0.05, 0.1) is 18.2 Å². The summed E-state index contributed by atoms with van der Waals surface area (Å²) < 4.78 is 10.9. The van der Waals surface area contributed by atoms with Crippen LogP contribution in [0.5, 0.6) is 11.5 Å². The summed E-state index contributed by atoms with van der Waals surface area (Å²) in [5.74, 6) is 1.38. The average Bonchev–Trinajstić information content (AvgIpc) is 2.23. The minimum Gasteiger partial charge on any atom is -0.493 e. The van der Waals surface area contributed by atoms with Crippen LogP contribution in [0.25, 0.3) is 0 Å². The molecule has 0 spiro atoms. The van der Waals surface area contributed by atoms with E-state index >= 15 is 0 Å². The summed E-state index contributed by atoms with van der Waals surface area (Å²) in [5, 5.41) is 0.567. The van der Waals surface area contributed by atoms with Gasteiger partial charge < -0.3 is 15.2 Å². The average molecular weight is 244 g/mol. The van der Waals surface area contributed by atoms with Gasteiger partial charge in [-0.15, -0.1) is 0 Å². The fourth-order valence-corrected chi connectivity index (χ4v) is 1.68. The van der Waals surface area contributed by atoms with Gasteiger partial charge in [0, 0.05) is 17.7 Å². The highest BCUT2D eigenvalue weighted by Crippen LogP contribution is 2.35. The molecule has 1 aromatic carbocycles. The van der Waals surface area contributed by atoms with Gasteiger partial charge in [-0.05, 0) is 26.8 Å². The molecule has 1 atom stereocenters. The molecule has 0 aromatic heterocycles. The summed E-state index contributed by atoms with van der Waals surface area (Å²) in [6.45, 7) is 6.90. The Bertz CT molecular complexity index is 353. The van der Waals surface area contributed by atoms with Crippen molar-refractivity contribution in [2.24, 2.45) is 5.73 Å². The molecule has 0 fully saturated rings. The van der Waals surface area contributed by atoms with Crippen molar-refractivity contribution < 1.29 is 9.47 Å². The third kappa shape index (κ3) is 3.03. The van der Waals surface area contributed by atoms with Crippen molar-refractivity contribution >= 4 is 11.6 Å². The molecule has 3 nitrogen and oxygen atoms in total. The highest BCUT2D eigenvalue weighted by atomic mass is 35.5. The van der Waals surface area contributed by atoms with Crippen LogP contribution in [0.3, 0.4) is 0 Å². The van der Waals surface area contributed by atoms with Gasteiger partial charge in [-0.1, -0.05) is 11.6 Å². The largest absolute Gasteiger partial charge is 0.493 e. The van der Waals surface area contributed by atoms with Crippen LogP contribution in [-0.4, -0.2) is 13.2 Å². The molecule has 2 N–H and O–H groups in total. The second-order valence-electron chi connectivity index (χ2n) is 3.48. The van der Waals surface area contributed by atoms with Crippen molar-refractivity contribution in [2.75, 3.05) is 13.2 Å². The van der Waals surface area contributed by atoms with Gasteiger partial charge in [-0.25, -0.2) is 0 Å². The van der Waals surface area contributed by atoms with Gasteiger partial charge >= 0.3 is 0 Å². The van der Waals surface area contributed by atoms with Crippen LogP contribution in [0.2, 0.25) is 5.02 Å². The SMILES string of the molecule is CCOc1cc(OCC)c(C(C)N)cc1Cl. The number of hydrogen-bond donors (Lipinski definition) is 1. The van der Waals surface area contributed by atoms with E-state index in [4.69, 9.17) is 26.8 Å². The molecule has 0 bridgehead atoms. The van der Waals surface area contributed by atoms with E-state index in [9.17, 15) is 0 Å². The number of rotatable bonds is 5. The van der Waals surface area contributed by atoms with E-state index in [1.165, 1.54) is 0 Å². The second kappa shape index (κ2) is 5.97. The molecule has 0 heterocycles. The van der Waals surface area contributed by atoms with Gasteiger partial charge in [0.2, 0.25) is 0 Å². The zero-order valence-electron chi connectivity index (χ0n) is 9.92. The molecule has 90 valence electrons. The van der Waals surface area contributed by atoms with Gasteiger partial charge in [-0.3, -0.25) is 0 Å². The molecule has 1 rings (SSSR count). The Morgan fingerprint density at radius 2 is 1.75 bits per heavy atom. The maximum Gasteiger partial charge on any atom is 0.141 e. The fraction of sp³-hybridized carbons (Fsp3) is 0.500. The van der Waals surface area contributed by atoms with Crippen LogP contribution in [0.1, 0.15) is 32.4 Å². The first-order valence-corrected chi connectivity index (χ1v) is 5.82. The maximum absolute atomic E-state index is 6.09. The van der Waals surface area contributed by atoms with Gasteiger partial charge in [0.15, 0.2) is 0 Å². The minimum atomic E-state index is -0.116. The van der Waals surface area contributed by atoms with E-state index in [0.29, 0.717) is 24.0 Å². The van der Waals surface area contributed by atoms with E-state index in [0.717, 1.165) is 11.3 Å². The third-order valence-electron chi connectivity index (χ3n) is 2.15. The maximum atomic E-state index is 6.09. The van der Waals surface area contributed by atoms with Crippen molar-refractivity contribution in [3.8, 4) is 11.5 Å². The number of halogens is 1. The number of nitrogens with two attached hydrogens (primary N) is 1. The number of ether oxygens (including phenoxy) is 2. The van der Waals surface area contributed by atoms with Gasteiger partial charge in [-0.2, -0.15) is 0 Å². The summed E-state index contributed by atoms with van der Waals surface area (Å²) in [6.07, 6.45) is 0. The van der Waals surface area contributed by atoms with Gasteiger partial charge in [0.25, 0.3) is 0 Å². The molecule has 16 heavy (non-hydrogen) atoms. The summed E-state index contributed by atoms with van der Waals surface area (Å²) in [4.78, 5) is 0. The lowest BCUT2D eigenvalue weighted by Crippen LogP contribution is -2.08. The Labute approximate surface area is 101 Å². The monoisotopic (exact) mass is 243 g/mol. The number of hydrogen-bond acceptors (Lipinski definition) is 3. The summed E-state index contributed by atoms with van der Waals surface area (Å²) in [6, 6.07) is 3.49. The lowest BCUT2D eigenvalue weighted by atomic mass is 10.1. The molecule has 1 unspecified atom stereocenters. The van der Waals surface area contributed by atoms with E-state index in [1.807, 2.05) is 26.8 Å². The molecular weight excluding hydrogens is 226 g/mol. The van der Waals surface area contributed by atoms with Crippen LogP contribution in [0.4, 0.5) is 0 Å². The van der Waals surface area contributed by atoms with E-state index in [1.54, 1.807) is 6.07 Å². The molecule has 0 amide bonds. The van der Waals surface area contributed by atoms with Crippen LogP contribution in [0, 0.1) is 0 Å². The minimum absolute atomic E-state index is 0.116. The summed E-state index contributed by atoms with van der Waals surface area (Å²) in [7, 11) is 0. The molecule has 0 radical (unpaired) electrons. The first kappa shape index (κ1) is 13.1. The Morgan fingerprint density at radius 1 is 1.19 bits per heavy atom. The molecule has 4 heteroatoms. The standard InChI is InChI=1S/C12H18ClNO2/c1-4-15-11-7-12(16-5-2)10(13)6-9(11)8(3)14/h6-8H,4-5,14H2,1-3H3. The zero-order chi connectivity index (χ0) is 12.1. The van der Waals surface area contributed by atoms with Crippen LogP contribution < -0.4 is 15.2 Å². The van der Waals surface area contributed by atoms with Crippen LogP contribution in [0.15, 0.2) is 12.1 Å². The van der Waals surface area contributed by atoms with Gasteiger partial charge in [0.1, 0.15) is 11.5 Å². The van der Waals surface area contributed by atoms with E-state index < -0.39 is 0 Å². The lowest BCUT2D eigenvalue weighted by Gasteiger charge is -2.16. The quantitative estimate of drug-likeness (QED) is 0.864. The molecule has 0 saturated carbocycles. The predicted octanol–water partition coefficient (Wildman–Crippen LogP) is 3.16. The van der Waals surface area contributed by atoms with Crippen molar-refractivity contribution in [1.29, 1.82) is 0 Å². The highest BCUT2D eigenvalue weighted by Gasteiger charge is 2.13.